The number of hydrogen-bond donors (Lipinski definition) is 0. The van der Waals surface area contributed by atoms with E-state index in [1.54, 1.807) is 12.5 Å². The molecular formula is C10H16FN3O. The second-order valence-corrected chi connectivity index (χ2v) is 4.03. The van der Waals surface area contributed by atoms with E-state index in [9.17, 15) is 4.39 Å². The van der Waals surface area contributed by atoms with E-state index in [1.807, 2.05) is 23.6 Å². The van der Waals surface area contributed by atoms with E-state index in [-0.39, 0.29) is 12.6 Å². The molecule has 4 nitrogen and oxygen atoms in total. The molecule has 1 fully saturated rings. The Hall–Kier alpha value is -0.940. The molecule has 0 saturated carbocycles. The van der Waals surface area contributed by atoms with Gasteiger partial charge in [0.1, 0.15) is 6.17 Å². The molecule has 1 aliphatic rings. The first-order valence-corrected chi connectivity index (χ1v) is 5.05. The van der Waals surface area contributed by atoms with Crippen LogP contribution in [0.3, 0.4) is 0 Å². The van der Waals surface area contributed by atoms with E-state index < -0.39 is 6.17 Å². The van der Waals surface area contributed by atoms with E-state index >= 15 is 0 Å². The molecule has 2 heterocycles. The quantitative estimate of drug-likeness (QED) is 0.736. The minimum Gasteiger partial charge on any atom is -0.377 e. The molecule has 0 N–H and O–H groups in total. The Morgan fingerprint density at radius 1 is 1.67 bits per heavy atom. The largest absolute Gasteiger partial charge is 0.377 e. The van der Waals surface area contributed by atoms with Crippen LogP contribution in [-0.4, -0.2) is 46.9 Å². The van der Waals surface area contributed by atoms with Crippen LogP contribution >= 0.6 is 0 Å². The molecule has 0 spiro atoms. The van der Waals surface area contributed by atoms with Gasteiger partial charge in [0.05, 0.1) is 31.3 Å². The van der Waals surface area contributed by atoms with Crippen LogP contribution in [0.1, 0.15) is 5.69 Å². The number of aryl methyl sites for hydroxylation is 1. The first kappa shape index (κ1) is 10.6. The molecule has 0 aromatic carbocycles. The zero-order chi connectivity index (χ0) is 10.8. The van der Waals surface area contributed by atoms with Crippen LogP contribution in [0.2, 0.25) is 0 Å². The van der Waals surface area contributed by atoms with Crippen LogP contribution in [0.5, 0.6) is 0 Å². The van der Waals surface area contributed by atoms with Crippen LogP contribution in [0, 0.1) is 0 Å². The van der Waals surface area contributed by atoms with E-state index in [0.29, 0.717) is 13.2 Å². The highest BCUT2D eigenvalue weighted by atomic mass is 19.1. The van der Waals surface area contributed by atoms with Gasteiger partial charge in [0.15, 0.2) is 0 Å². The second-order valence-electron chi connectivity index (χ2n) is 4.03. The predicted octanol–water partition coefficient (Wildman–Crippen LogP) is 0.589. The smallest absolute Gasteiger partial charge is 0.141 e. The van der Waals surface area contributed by atoms with Gasteiger partial charge in [0, 0.05) is 19.8 Å². The summed E-state index contributed by atoms with van der Waals surface area (Å²) in [5.74, 6) is 0. The van der Waals surface area contributed by atoms with Crippen LogP contribution in [-0.2, 0) is 18.3 Å². The summed E-state index contributed by atoms with van der Waals surface area (Å²) in [4.78, 5) is 6.01. The zero-order valence-electron chi connectivity index (χ0n) is 9.06. The summed E-state index contributed by atoms with van der Waals surface area (Å²) in [7, 11) is 3.85. The lowest BCUT2D eigenvalue weighted by molar-refractivity contribution is 0.152. The van der Waals surface area contributed by atoms with Gasteiger partial charge in [-0.25, -0.2) is 9.37 Å². The first-order valence-electron chi connectivity index (χ1n) is 5.05. The number of ether oxygens (including phenoxy) is 1. The standard InChI is InChI=1S/C10H16FN3O/c1-13(10-6-15-5-9(10)11)4-8-3-12-7-14(8)2/h3,7,9-10H,4-6H2,1-2H3/t9-,10-/m1/s1. The molecule has 84 valence electrons. The van der Waals surface area contributed by atoms with Gasteiger partial charge in [-0.3, -0.25) is 4.90 Å². The Bertz CT molecular complexity index is 328. The fourth-order valence-electron chi connectivity index (χ4n) is 1.83. The molecule has 1 aromatic heterocycles. The van der Waals surface area contributed by atoms with Gasteiger partial charge >= 0.3 is 0 Å². The fraction of sp³-hybridized carbons (Fsp3) is 0.700. The third-order valence-electron chi connectivity index (χ3n) is 2.88. The molecular weight excluding hydrogens is 197 g/mol. The number of aromatic nitrogens is 2. The maximum Gasteiger partial charge on any atom is 0.141 e. The lowest BCUT2D eigenvalue weighted by Gasteiger charge is -2.24. The summed E-state index contributed by atoms with van der Waals surface area (Å²) >= 11 is 0. The van der Waals surface area contributed by atoms with Crippen molar-refractivity contribution >= 4 is 0 Å². The van der Waals surface area contributed by atoms with Gasteiger partial charge in [-0.1, -0.05) is 0 Å². The third kappa shape index (κ3) is 2.18. The highest BCUT2D eigenvalue weighted by Crippen LogP contribution is 2.16. The van der Waals surface area contributed by atoms with E-state index in [4.69, 9.17) is 4.74 Å². The SMILES string of the molecule is CN(Cc1cncn1C)[C@@H]1COC[C@H]1F. The number of imidazole rings is 1. The van der Waals surface area contributed by atoms with Gasteiger partial charge < -0.3 is 9.30 Å². The van der Waals surface area contributed by atoms with Gasteiger partial charge in [-0.15, -0.1) is 0 Å². The number of nitrogens with zero attached hydrogens (tertiary/aromatic N) is 3. The van der Waals surface area contributed by atoms with Crippen LogP contribution in [0.4, 0.5) is 4.39 Å². The van der Waals surface area contributed by atoms with Gasteiger partial charge in [-0.05, 0) is 7.05 Å². The van der Waals surface area contributed by atoms with Crippen molar-refractivity contribution in [2.75, 3.05) is 20.3 Å². The predicted molar refractivity (Wildman–Crippen MR) is 54.2 cm³/mol. The second kappa shape index (κ2) is 4.28. The molecule has 2 rings (SSSR count). The van der Waals surface area contributed by atoms with E-state index in [0.717, 1.165) is 5.69 Å². The molecule has 0 unspecified atom stereocenters. The normalized spacial score (nSPS) is 26.4. The summed E-state index contributed by atoms with van der Waals surface area (Å²) in [5, 5.41) is 0. The Labute approximate surface area is 88.7 Å². The molecule has 0 aliphatic carbocycles. The molecule has 1 aromatic rings. The van der Waals surface area contributed by atoms with Gasteiger partial charge in [0.2, 0.25) is 0 Å². The summed E-state index contributed by atoms with van der Waals surface area (Å²) in [5.41, 5.74) is 1.08. The molecule has 15 heavy (non-hydrogen) atoms. The summed E-state index contributed by atoms with van der Waals surface area (Å²) < 4.78 is 20.4. The minimum atomic E-state index is -0.872. The maximum atomic E-state index is 13.4. The molecule has 1 saturated heterocycles. The molecule has 2 atom stereocenters. The number of rotatable bonds is 3. The van der Waals surface area contributed by atoms with Gasteiger partial charge in [-0.2, -0.15) is 0 Å². The Morgan fingerprint density at radius 3 is 3.00 bits per heavy atom. The average Bonchev–Trinajstić information content (AvgIpc) is 2.76. The van der Waals surface area contributed by atoms with E-state index in [2.05, 4.69) is 4.98 Å². The third-order valence-corrected chi connectivity index (χ3v) is 2.88. The van der Waals surface area contributed by atoms with Crippen molar-refractivity contribution in [3.63, 3.8) is 0 Å². The molecule has 0 amide bonds. The fourth-order valence-corrected chi connectivity index (χ4v) is 1.83. The van der Waals surface area contributed by atoms with Crippen LogP contribution in [0.15, 0.2) is 12.5 Å². The van der Waals surface area contributed by atoms with Crippen molar-refractivity contribution in [2.45, 2.75) is 18.8 Å². The lowest BCUT2D eigenvalue weighted by atomic mass is 10.2. The van der Waals surface area contributed by atoms with Crippen molar-refractivity contribution in [1.29, 1.82) is 0 Å². The summed E-state index contributed by atoms with van der Waals surface area (Å²) in [6.45, 7) is 1.40. The summed E-state index contributed by atoms with van der Waals surface area (Å²) in [6, 6.07) is -0.125. The average molecular weight is 213 g/mol. The number of likely N-dealkylation sites (N-methyl/N-ethyl adjacent to an activating group) is 1. The van der Waals surface area contributed by atoms with Crippen molar-refractivity contribution in [3.8, 4) is 0 Å². The van der Waals surface area contributed by atoms with Crippen LogP contribution < -0.4 is 0 Å². The zero-order valence-corrected chi connectivity index (χ0v) is 9.06. The molecule has 5 heteroatoms. The minimum absolute atomic E-state index is 0.125. The van der Waals surface area contributed by atoms with Crippen molar-refractivity contribution in [2.24, 2.45) is 7.05 Å². The molecule has 0 radical (unpaired) electrons. The summed E-state index contributed by atoms with van der Waals surface area (Å²) in [6.07, 6.45) is 2.68. The molecule has 0 bridgehead atoms. The Kier molecular flexibility index (Phi) is 3.02. The van der Waals surface area contributed by atoms with Gasteiger partial charge in [0.25, 0.3) is 0 Å². The highest BCUT2D eigenvalue weighted by Gasteiger charge is 2.31. The van der Waals surface area contributed by atoms with Crippen molar-refractivity contribution in [1.82, 2.24) is 14.5 Å². The van der Waals surface area contributed by atoms with E-state index in [1.165, 1.54) is 0 Å². The Balaban J connectivity index is 1.97. The topological polar surface area (TPSA) is 30.3 Å². The van der Waals surface area contributed by atoms with Crippen LogP contribution in [0.25, 0.3) is 0 Å². The number of hydrogen-bond acceptors (Lipinski definition) is 3. The van der Waals surface area contributed by atoms with Crippen molar-refractivity contribution < 1.29 is 9.13 Å². The maximum absolute atomic E-state index is 13.4. The Morgan fingerprint density at radius 2 is 2.47 bits per heavy atom. The lowest BCUT2D eigenvalue weighted by Crippen LogP contribution is -2.38. The number of alkyl halides is 1. The highest BCUT2D eigenvalue weighted by molar-refractivity contribution is 4.98. The monoisotopic (exact) mass is 213 g/mol. The number of halogens is 1. The first-order chi connectivity index (χ1) is 7.18. The van der Waals surface area contributed by atoms with Crippen molar-refractivity contribution in [3.05, 3.63) is 18.2 Å². The molecule has 1 aliphatic heterocycles.